The molecule has 192 valence electrons. The lowest BCUT2D eigenvalue weighted by atomic mass is 9.80. The number of benzene rings is 1. The first-order valence-electron chi connectivity index (χ1n) is 11.2. The zero-order chi connectivity index (χ0) is 26.0. The quantitative estimate of drug-likeness (QED) is 0.340. The number of hydrogen-bond donors (Lipinski definition) is 3. The van der Waals surface area contributed by atoms with E-state index < -0.39 is 32.1 Å². The molecule has 0 saturated heterocycles. The van der Waals surface area contributed by atoms with Crippen molar-refractivity contribution in [2.45, 2.75) is 61.6 Å². The van der Waals surface area contributed by atoms with Gasteiger partial charge >= 0.3 is 5.51 Å². The summed E-state index contributed by atoms with van der Waals surface area (Å²) in [6.07, 6.45) is 3.96. The fraction of sp³-hybridized carbons (Fsp3) is 0.545. The molecule has 9 nitrogen and oxygen atoms in total. The van der Waals surface area contributed by atoms with Crippen LogP contribution in [0.1, 0.15) is 33.1 Å². The number of primary amides is 1. The molecule has 0 bridgehead atoms. The summed E-state index contributed by atoms with van der Waals surface area (Å²) in [4.78, 5) is 24.1. The van der Waals surface area contributed by atoms with Gasteiger partial charge in [0.1, 0.15) is 11.8 Å². The predicted molar refractivity (Wildman–Crippen MR) is 128 cm³/mol. The number of carbonyl (C=O) groups is 1. The molecule has 1 amide bonds. The normalized spacial score (nSPS) is 24.5. The van der Waals surface area contributed by atoms with Gasteiger partial charge < -0.3 is 16.8 Å². The van der Waals surface area contributed by atoms with Gasteiger partial charge in [0, 0.05) is 29.9 Å². The Kier molecular flexibility index (Phi) is 8.00. The molecular weight excluding hydrogens is 485 g/mol. The summed E-state index contributed by atoms with van der Waals surface area (Å²) >= 11 is 0. The third kappa shape index (κ3) is 6.66. The van der Waals surface area contributed by atoms with Crippen molar-refractivity contribution in [2.24, 2.45) is 38.3 Å². The van der Waals surface area contributed by atoms with E-state index in [-0.39, 0.29) is 23.5 Å². The van der Waals surface area contributed by atoms with E-state index in [1.165, 1.54) is 6.21 Å². The van der Waals surface area contributed by atoms with Crippen molar-refractivity contribution in [1.29, 1.82) is 0 Å². The Balaban J connectivity index is 1.75. The third-order valence-electron chi connectivity index (χ3n) is 5.91. The molecule has 4 unspecified atom stereocenters. The average Bonchev–Trinajstić information content (AvgIpc) is 3.59. The first-order chi connectivity index (χ1) is 16.3. The number of nitrogens with one attached hydrogen (secondary N) is 1. The minimum absolute atomic E-state index is 0.0637. The Morgan fingerprint density at radius 2 is 1.83 bits per heavy atom. The summed E-state index contributed by atoms with van der Waals surface area (Å²) in [6, 6.07) is 4.30. The fourth-order valence-electron chi connectivity index (χ4n) is 4.14. The lowest BCUT2D eigenvalue weighted by Gasteiger charge is -2.34. The molecule has 1 aromatic rings. The van der Waals surface area contributed by atoms with Crippen LogP contribution in [0.2, 0.25) is 0 Å². The van der Waals surface area contributed by atoms with Gasteiger partial charge in [0.25, 0.3) is 9.84 Å². The second-order valence-corrected chi connectivity index (χ2v) is 10.9. The van der Waals surface area contributed by atoms with Gasteiger partial charge in [-0.1, -0.05) is 13.8 Å². The van der Waals surface area contributed by atoms with Crippen molar-refractivity contribution in [1.82, 2.24) is 5.32 Å². The van der Waals surface area contributed by atoms with Crippen molar-refractivity contribution >= 4 is 39.2 Å². The molecule has 1 fully saturated rings. The molecule has 5 N–H and O–H groups in total. The van der Waals surface area contributed by atoms with Crippen molar-refractivity contribution in [2.75, 3.05) is 6.54 Å². The van der Waals surface area contributed by atoms with Crippen molar-refractivity contribution in [3.8, 4) is 0 Å². The molecule has 3 rings (SSSR count). The number of alkyl halides is 3. The summed E-state index contributed by atoms with van der Waals surface area (Å²) < 4.78 is 61.1. The smallest absolute Gasteiger partial charge is 0.386 e. The topological polar surface area (TPSA) is 152 Å². The molecule has 1 aliphatic carbocycles. The van der Waals surface area contributed by atoms with E-state index in [1.54, 1.807) is 0 Å². The third-order valence-corrected chi connectivity index (χ3v) is 7.42. The SMILES string of the molecule is CC(C)NC1CCC(N=CC(C(N)=O)C(N)=Nc2ccc(S(=O)(=O)C(F)(F)F)cc2)C(C2=NC2)C1. The molecule has 2 aliphatic rings. The largest absolute Gasteiger partial charge is 0.501 e. The van der Waals surface area contributed by atoms with Crippen LogP contribution < -0.4 is 16.8 Å². The number of carbonyl (C=O) groups excluding carboxylic acids is 1. The molecular formula is C22H29F3N6O3S. The molecule has 1 saturated carbocycles. The number of halogens is 3. The Morgan fingerprint density at radius 3 is 2.34 bits per heavy atom. The molecule has 13 heteroatoms. The van der Waals surface area contributed by atoms with Crippen molar-refractivity contribution in [3.05, 3.63) is 24.3 Å². The standard InChI is InChI=1S/C22H29F3N6O3S/c1-12(2)30-14-5-8-18(16(9-14)19-11-29-19)28-10-17(21(27)32)20(26)31-13-3-6-15(7-4-13)35(33,34)22(23,24)25/h3-4,6-7,10,12,14,16-18,30H,5,8-9,11H2,1-2H3,(H2,26,31)(H2,27,32). The van der Waals surface area contributed by atoms with E-state index in [9.17, 15) is 26.4 Å². The number of nitrogens with zero attached hydrogens (tertiary/aromatic N) is 3. The maximum atomic E-state index is 12.7. The Labute approximate surface area is 201 Å². The molecule has 1 aliphatic heterocycles. The first-order valence-corrected chi connectivity index (χ1v) is 12.6. The van der Waals surface area contributed by atoms with Crippen LogP contribution in [-0.4, -0.2) is 62.3 Å². The highest BCUT2D eigenvalue weighted by Gasteiger charge is 2.46. The number of amidine groups is 1. The number of hydrogen-bond acceptors (Lipinski definition) is 7. The predicted octanol–water partition coefficient (Wildman–Crippen LogP) is 2.13. The Morgan fingerprint density at radius 1 is 1.20 bits per heavy atom. The lowest BCUT2D eigenvalue weighted by molar-refractivity contribution is -0.118. The van der Waals surface area contributed by atoms with Crippen molar-refractivity contribution < 1.29 is 26.4 Å². The maximum Gasteiger partial charge on any atom is 0.501 e. The summed E-state index contributed by atoms with van der Waals surface area (Å²) in [7, 11) is -5.48. The van der Waals surface area contributed by atoms with Crippen LogP contribution in [-0.2, 0) is 14.6 Å². The van der Waals surface area contributed by atoms with E-state index in [1.807, 2.05) is 0 Å². The monoisotopic (exact) mass is 514 g/mol. The highest BCUT2D eigenvalue weighted by atomic mass is 32.2. The summed E-state index contributed by atoms with van der Waals surface area (Å²) in [6.45, 7) is 4.90. The number of amides is 1. The van der Waals surface area contributed by atoms with Gasteiger partial charge in [0.2, 0.25) is 5.91 Å². The number of nitrogens with two attached hydrogens (primary N) is 2. The van der Waals surface area contributed by atoms with E-state index in [0.29, 0.717) is 18.6 Å². The Bertz CT molecular complexity index is 1130. The van der Waals surface area contributed by atoms with Gasteiger partial charge in [-0.2, -0.15) is 13.2 Å². The molecule has 0 radical (unpaired) electrons. The van der Waals surface area contributed by atoms with E-state index >= 15 is 0 Å². The van der Waals surface area contributed by atoms with Gasteiger partial charge in [0.05, 0.1) is 23.2 Å². The van der Waals surface area contributed by atoms with E-state index in [2.05, 4.69) is 34.1 Å². The van der Waals surface area contributed by atoms with Crippen LogP contribution >= 0.6 is 0 Å². The van der Waals surface area contributed by atoms with Gasteiger partial charge in [-0.3, -0.25) is 14.8 Å². The zero-order valence-corrected chi connectivity index (χ0v) is 20.2. The van der Waals surface area contributed by atoms with Crippen molar-refractivity contribution in [3.63, 3.8) is 0 Å². The summed E-state index contributed by atoms with van der Waals surface area (Å²) in [5.41, 5.74) is 7.21. The van der Waals surface area contributed by atoms with Gasteiger partial charge in [0.15, 0.2) is 0 Å². The van der Waals surface area contributed by atoms with Gasteiger partial charge in [-0.25, -0.2) is 13.4 Å². The zero-order valence-electron chi connectivity index (χ0n) is 19.4. The number of rotatable bonds is 9. The first kappa shape index (κ1) is 26.8. The molecule has 0 spiro atoms. The van der Waals surface area contributed by atoms with Gasteiger partial charge in [-0.05, 0) is 43.5 Å². The van der Waals surface area contributed by atoms with Crippen LogP contribution in [0.25, 0.3) is 0 Å². The van der Waals surface area contributed by atoms with E-state index in [0.717, 1.165) is 49.2 Å². The second kappa shape index (κ2) is 10.4. The molecule has 35 heavy (non-hydrogen) atoms. The van der Waals surface area contributed by atoms with Crippen LogP contribution in [0.15, 0.2) is 44.1 Å². The molecule has 1 aromatic carbocycles. The minimum Gasteiger partial charge on any atom is -0.386 e. The van der Waals surface area contributed by atoms with Crippen LogP contribution in [0.4, 0.5) is 18.9 Å². The highest BCUT2D eigenvalue weighted by Crippen LogP contribution is 2.33. The molecule has 0 aromatic heterocycles. The minimum atomic E-state index is -5.48. The van der Waals surface area contributed by atoms with Crippen LogP contribution in [0.5, 0.6) is 0 Å². The molecule has 4 atom stereocenters. The molecule has 1 heterocycles. The average molecular weight is 515 g/mol. The summed E-state index contributed by atoms with van der Waals surface area (Å²) in [5, 5.41) is 3.54. The van der Waals surface area contributed by atoms with Crippen LogP contribution in [0, 0.1) is 11.8 Å². The number of sulfone groups is 1. The Hall–Kier alpha value is -2.80. The van der Waals surface area contributed by atoms with Crippen LogP contribution in [0.3, 0.4) is 0 Å². The summed E-state index contributed by atoms with van der Waals surface area (Å²) in [5.74, 6) is -1.97. The fourth-order valence-corrected chi connectivity index (χ4v) is 4.90. The number of aliphatic imine (C=N–C) groups is 3. The lowest BCUT2D eigenvalue weighted by Crippen LogP contribution is -2.44. The maximum absolute atomic E-state index is 12.7. The van der Waals surface area contributed by atoms with Gasteiger partial charge in [-0.15, -0.1) is 0 Å². The second-order valence-electron chi connectivity index (χ2n) is 8.97. The van der Waals surface area contributed by atoms with E-state index in [4.69, 9.17) is 11.5 Å². The highest BCUT2D eigenvalue weighted by molar-refractivity contribution is 7.92.